The summed E-state index contributed by atoms with van der Waals surface area (Å²) in [5.74, 6) is -1.72. The third-order valence-corrected chi connectivity index (χ3v) is 3.38. The SMILES string of the molecule is CCC(CC)(NC(=O)CCNC(=O)c1ccco1)C(=O)O. The molecule has 116 valence electrons. The molecule has 21 heavy (non-hydrogen) atoms. The van der Waals surface area contributed by atoms with E-state index < -0.39 is 23.3 Å². The van der Waals surface area contributed by atoms with Gasteiger partial charge in [0.05, 0.1) is 6.26 Å². The van der Waals surface area contributed by atoms with E-state index in [1.807, 2.05) is 0 Å². The molecule has 3 N–H and O–H groups in total. The van der Waals surface area contributed by atoms with Gasteiger partial charge >= 0.3 is 5.97 Å². The molecule has 0 fully saturated rings. The number of nitrogens with one attached hydrogen (secondary N) is 2. The Kier molecular flexibility index (Phi) is 5.95. The molecule has 0 aromatic carbocycles. The Morgan fingerprint density at radius 3 is 2.43 bits per heavy atom. The van der Waals surface area contributed by atoms with Crippen molar-refractivity contribution in [1.82, 2.24) is 10.6 Å². The molecule has 0 atom stereocenters. The van der Waals surface area contributed by atoms with Gasteiger partial charge in [-0.1, -0.05) is 13.8 Å². The lowest BCUT2D eigenvalue weighted by Crippen LogP contribution is -2.54. The lowest BCUT2D eigenvalue weighted by molar-refractivity contribution is -0.148. The summed E-state index contributed by atoms with van der Waals surface area (Å²) < 4.78 is 4.91. The zero-order valence-corrected chi connectivity index (χ0v) is 12.1. The number of amides is 2. The number of rotatable bonds is 8. The summed E-state index contributed by atoms with van der Waals surface area (Å²) in [7, 11) is 0. The van der Waals surface area contributed by atoms with Crippen LogP contribution in [0.2, 0.25) is 0 Å². The second-order valence-electron chi connectivity index (χ2n) is 4.63. The summed E-state index contributed by atoms with van der Waals surface area (Å²) >= 11 is 0. The third-order valence-electron chi connectivity index (χ3n) is 3.38. The summed E-state index contributed by atoms with van der Waals surface area (Å²) in [4.78, 5) is 34.6. The number of carbonyl (C=O) groups excluding carboxylic acids is 2. The number of carboxylic acids is 1. The first-order valence-corrected chi connectivity index (χ1v) is 6.81. The van der Waals surface area contributed by atoms with Crippen LogP contribution in [0, 0.1) is 0 Å². The molecule has 0 aliphatic heterocycles. The predicted molar refractivity (Wildman–Crippen MR) is 74.7 cm³/mol. The van der Waals surface area contributed by atoms with Gasteiger partial charge in [0.25, 0.3) is 5.91 Å². The highest BCUT2D eigenvalue weighted by Gasteiger charge is 2.36. The van der Waals surface area contributed by atoms with Gasteiger partial charge in [-0.25, -0.2) is 4.79 Å². The lowest BCUT2D eigenvalue weighted by Gasteiger charge is -2.28. The monoisotopic (exact) mass is 296 g/mol. The van der Waals surface area contributed by atoms with Gasteiger partial charge in [-0.05, 0) is 25.0 Å². The molecule has 1 rings (SSSR count). The van der Waals surface area contributed by atoms with Crippen molar-refractivity contribution < 1.29 is 23.9 Å². The summed E-state index contributed by atoms with van der Waals surface area (Å²) in [5, 5.41) is 14.3. The third kappa shape index (κ3) is 4.34. The maximum Gasteiger partial charge on any atom is 0.329 e. The van der Waals surface area contributed by atoms with Crippen LogP contribution in [-0.2, 0) is 9.59 Å². The number of hydrogen-bond donors (Lipinski definition) is 3. The Morgan fingerprint density at radius 2 is 1.95 bits per heavy atom. The molecule has 1 aromatic heterocycles. The fourth-order valence-electron chi connectivity index (χ4n) is 1.90. The molecule has 0 saturated carbocycles. The summed E-state index contributed by atoms with van der Waals surface area (Å²) in [6, 6.07) is 3.10. The van der Waals surface area contributed by atoms with Crippen LogP contribution < -0.4 is 10.6 Å². The minimum absolute atomic E-state index is 0.00147. The van der Waals surface area contributed by atoms with Gasteiger partial charge < -0.3 is 20.2 Å². The minimum Gasteiger partial charge on any atom is -0.480 e. The normalized spacial score (nSPS) is 11.0. The average Bonchev–Trinajstić information content (AvgIpc) is 2.98. The zero-order valence-electron chi connectivity index (χ0n) is 12.1. The first-order valence-electron chi connectivity index (χ1n) is 6.81. The second-order valence-corrected chi connectivity index (χ2v) is 4.63. The fourth-order valence-corrected chi connectivity index (χ4v) is 1.90. The molecule has 0 bridgehead atoms. The van der Waals surface area contributed by atoms with E-state index in [2.05, 4.69) is 10.6 Å². The number of furan rings is 1. The molecule has 0 unspecified atom stereocenters. The molecule has 7 heteroatoms. The van der Waals surface area contributed by atoms with Crippen molar-refractivity contribution in [1.29, 1.82) is 0 Å². The van der Waals surface area contributed by atoms with Gasteiger partial charge in [0, 0.05) is 13.0 Å². The van der Waals surface area contributed by atoms with Crippen LogP contribution >= 0.6 is 0 Å². The molecule has 1 heterocycles. The second kappa shape index (κ2) is 7.47. The molecule has 0 aliphatic carbocycles. The first kappa shape index (κ1) is 16.7. The molecular formula is C14H20N2O5. The molecule has 0 aliphatic rings. The van der Waals surface area contributed by atoms with E-state index in [0.717, 1.165) is 0 Å². The van der Waals surface area contributed by atoms with Crippen molar-refractivity contribution in [2.75, 3.05) is 6.54 Å². The van der Waals surface area contributed by atoms with E-state index in [-0.39, 0.29) is 18.7 Å². The van der Waals surface area contributed by atoms with E-state index in [1.165, 1.54) is 12.3 Å². The molecule has 2 amide bonds. The van der Waals surface area contributed by atoms with Crippen molar-refractivity contribution in [3.05, 3.63) is 24.2 Å². The van der Waals surface area contributed by atoms with Crippen molar-refractivity contribution in [3.8, 4) is 0 Å². The maximum atomic E-state index is 11.8. The lowest BCUT2D eigenvalue weighted by atomic mass is 9.93. The van der Waals surface area contributed by atoms with E-state index in [4.69, 9.17) is 4.42 Å². The molecule has 0 radical (unpaired) electrons. The summed E-state index contributed by atoms with van der Waals surface area (Å²) in [5.41, 5.74) is -1.25. The van der Waals surface area contributed by atoms with E-state index in [1.54, 1.807) is 19.9 Å². The van der Waals surface area contributed by atoms with Gasteiger partial charge in [-0.2, -0.15) is 0 Å². The Hall–Kier alpha value is -2.31. The van der Waals surface area contributed by atoms with Crippen LogP contribution in [0.1, 0.15) is 43.7 Å². The Labute approximate surface area is 122 Å². The highest BCUT2D eigenvalue weighted by Crippen LogP contribution is 2.15. The standard InChI is InChI=1S/C14H20N2O5/c1-3-14(4-2,13(19)20)16-11(17)7-8-15-12(18)10-6-5-9-21-10/h5-6,9H,3-4,7-8H2,1-2H3,(H,15,18)(H,16,17)(H,19,20). The average molecular weight is 296 g/mol. The molecule has 1 aromatic rings. The van der Waals surface area contributed by atoms with Crippen LogP contribution in [0.15, 0.2) is 22.8 Å². The zero-order chi connectivity index (χ0) is 15.9. The molecule has 0 saturated heterocycles. The van der Waals surface area contributed by atoms with Crippen LogP contribution in [-0.4, -0.2) is 35.0 Å². The first-order chi connectivity index (χ1) is 9.95. The van der Waals surface area contributed by atoms with Crippen LogP contribution in [0.5, 0.6) is 0 Å². The molecule has 7 nitrogen and oxygen atoms in total. The maximum absolute atomic E-state index is 11.8. The molecular weight excluding hydrogens is 276 g/mol. The van der Waals surface area contributed by atoms with E-state index >= 15 is 0 Å². The smallest absolute Gasteiger partial charge is 0.329 e. The largest absolute Gasteiger partial charge is 0.480 e. The van der Waals surface area contributed by atoms with Gasteiger partial charge in [0.15, 0.2) is 5.76 Å². The van der Waals surface area contributed by atoms with Crippen molar-refractivity contribution in [3.63, 3.8) is 0 Å². The number of hydrogen-bond acceptors (Lipinski definition) is 4. The van der Waals surface area contributed by atoms with Crippen LogP contribution in [0.4, 0.5) is 0 Å². The quantitative estimate of drug-likeness (QED) is 0.667. The van der Waals surface area contributed by atoms with E-state index in [9.17, 15) is 19.5 Å². The van der Waals surface area contributed by atoms with Crippen molar-refractivity contribution in [2.45, 2.75) is 38.6 Å². The van der Waals surface area contributed by atoms with Crippen molar-refractivity contribution in [2.24, 2.45) is 0 Å². The summed E-state index contributed by atoms with van der Waals surface area (Å²) in [6.45, 7) is 3.52. The highest BCUT2D eigenvalue weighted by molar-refractivity contribution is 5.92. The highest BCUT2D eigenvalue weighted by atomic mass is 16.4. The molecule has 0 spiro atoms. The van der Waals surface area contributed by atoms with Gasteiger partial charge in [-0.15, -0.1) is 0 Å². The van der Waals surface area contributed by atoms with Gasteiger partial charge in [0.1, 0.15) is 5.54 Å². The van der Waals surface area contributed by atoms with Crippen LogP contribution in [0.25, 0.3) is 0 Å². The van der Waals surface area contributed by atoms with Gasteiger partial charge in [-0.3, -0.25) is 9.59 Å². The van der Waals surface area contributed by atoms with E-state index in [0.29, 0.717) is 12.8 Å². The topological polar surface area (TPSA) is 109 Å². The minimum atomic E-state index is -1.25. The van der Waals surface area contributed by atoms with Gasteiger partial charge in [0.2, 0.25) is 5.91 Å². The van der Waals surface area contributed by atoms with Crippen molar-refractivity contribution >= 4 is 17.8 Å². The predicted octanol–water partition coefficient (Wildman–Crippen LogP) is 1.16. The van der Waals surface area contributed by atoms with Crippen LogP contribution in [0.3, 0.4) is 0 Å². The Balaban J connectivity index is 2.43. The Bertz CT molecular complexity index is 491. The Morgan fingerprint density at radius 1 is 1.29 bits per heavy atom. The fraction of sp³-hybridized carbons (Fsp3) is 0.500. The number of aliphatic carboxylic acids is 1. The number of carbonyl (C=O) groups is 3. The number of carboxylic acid groups (broad SMARTS) is 1. The summed E-state index contributed by atoms with van der Waals surface area (Å²) in [6.07, 6.45) is 1.97.